The van der Waals surface area contributed by atoms with Crippen LogP contribution in [0.1, 0.15) is 5.56 Å². The van der Waals surface area contributed by atoms with Gasteiger partial charge in [0.2, 0.25) is 5.91 Å². The van der Waals surface area contributed by atoms with Gasteiger partial charge in [-0.15, -0.1) is 0 Å². The molecular weight excluding hydrogens is 359 g/mol. The Morgan fingerprint density at radius 3 is 2.75 bits per heavy atom. The smallest absolute Gasteiger partial charge is 0.234 e. The van der Waals surface area contributed by atoms with Crippen molar-refractivity contribution in [3.63, 3.8) is 0 Å². The quantitative estimate of drug-likeness (QED) is 0.739. The summed E-state index contributed by atoms with van der Waals surface area (Å²) in [4.78, 5) is 13.8. The van der Waals surface area contributed by atoms with Gasteiger partial charge in [0.15, 0.2) is 0 Å². The molecule has 6 nitrogen and oxygen atoms in total. The number of rotatable bonds is 5. The zero-order chi connectivity index (χ0) is 19.5. The van der Waals surface area contributed by atoms with Crippen molar-refractivity contribution in [1.82, 2.24) is 20.0 Å². The van der Waals surface area contributed by atoms with Crippen molar-refractivity contribution in [3.05, 3.63) is 66.1 Å². The van der Waals surface area contributed by atoms with Crippen LogP contribution in [0.25, 0.3) is 16.9 Å². The van der Waals surface area contributed by atoms with Crippen molar-refractivity contribution >= 4 is 5.91 Å². The van der Waals surface area contributed by atoms with Crippen LogP contribution in [-0.2, 0) is 11.3 Å². The lowest BCUT2D eigenvalue weighted by Crippen LogP contribution is -2.47. The topological polar surface area (TPSA) is 59.4 Å². The fourth-order valence-corrected chi connectivity index (χ4v) is 3.34. The SMILES string of the molecule is COc1ccc(-n2cc(CN3CCNC(=O)C3)c(-c3cccc(F)c3)n2)cc1. The first-order valence-electron chi connectivity index (χ1n) is 9.10. The van der Waals surface area contributed by atoms with Gasteiger partial charge in [-0.05, 0) is 36.4 Å². The van der Waals surface area contributed by atoms with Crippen LogP contribution in [0.15, 0.2) is 54.7 Å². The number of benzene rings is 2. The molecule has 1 aliphatic rings. The largest absolute Gasteiger partial charge is 0.497 e. The summed E-state index contributed by atoms with van der Waals surface area (Å²) in [5, 5.41) is 7.54. The number of hydrogen-bond acceptors (Lipinski definition) is 4. The summed E-state index contributed by atoms with van der Waals surface area (Å²) in [5.74, 6) is 0.474. The van der Waals surface area contributed by atoms with Gasteiger partial charge < -0.3 is 10.1 Å². The van der Waals surface area contributed by atoms with Crippen LogP contribution in [0, 0.1) is 5.82 Å². The summed E-state index contributed by atoms with van der Waals surface area (Å²) in [5.41, 5.74) is 3.24. The summed E-state index contributed by atoms with van der Waals surface area (Å²) in [6.45, 7) is 2.30. The normalized spacial score (nSPS) is 14.7. The van der Waals surface area contributed by atoms with E-state index in [-0.39, 0.29) is 11.7 Å². The van der Waals surface area contributed by atoms with Gasteiger partial charge in [0.25, 0.3) is 0 Å². The van der Waals surface area contributed by atoms with Crippen LogP contribution in [-0.4, -0.2) is 47.3 Å². The van der Waals surface area contributed by atoms with E-state index in [0.717, 1.165) is 23.5 Å². The molecule has 1 fully saturated rings. The van der Waals surface area contributed by atoms with E-state index in [0.29, 0.717) is 30.9 Å². The Kier molecular flexibility index (Phi) is 5.08. The molecule has 1 amide bonds. The Labute approximate surface area is 162 Å². The third-order valence-electron chi connectivity index (χ3n) is 4.74. The number of methoxy groups -OCH3 is 1. The van der Waals surface area contributed by atoms with Crippen LogP contribution < -0.4 is 10.1 Å². The standard InChI is InChI=1S/C21H21FN4O2/c1-28-19-7-5-18(6-8-19)26-13-16(12-25-10-9-23-20(27)14-25)21(24-26)15-3-2-4-17(22)11-15/h2-8,11,13H,9-10,12,14H2,1H3,(H,23,27). The number of carbonyl (C=O) groups is 1. The third kappa shape index (κ3) is 3.89. The zero-order valence-electron chi connectivity index (χ0n) is 15.6. The van der Waals surface area contributed by atoms with Gasteiger partial charge in [0.05, 0.1) is 25.0 Å². The average molecular weight is 380 g/mol. The average Bonchev–Trinajstić information content (AvgIpc) is 3.12. The van der Waals surface area contributed by atoms with E-state index in [4.69, 9.17) is 9.84 Å². The van der Waals surface area contributed by atoms with Crippen molar-refractivity contribution in [3.8, 4) is 22.7 Å². The Bertz CT molecular complexity index is 984. The number of aromatic nitrogens is 2. The number of amides is 1. The van der Waals surface area contributed by atoms with Crippen LogP contribution in [0.4, 0.5) is 4.39 Å². The maximum Gasteiger partial charge on any atom is 0.234 e. The molecular formula is C21H21FN4O2. The van der Waals surface area contributed by atoms with E-state index in [1.54, 1.807) is 17.9 Å². The van der Waals surface area contributed by atoms with Crippen molar-refractivity contribution in [2.24, 2.45) is 0 Å². The molecule has 1 aliphatic heterocycles. The van der Waals surface area contributed by atoms with Crippen LogP contribution >= 0.6 is 0 Å². The van der Waals surface area contributed by atoms with Crippen LogP contribution in [0.3, 0.4) is 0 Å². The lowest BCUT2D eigenvalue weighted by molar-refractivity contribution is -0.124. The van der Waals surface area contributed by atoms with Crippen LogP contribution in [0.2, 0.25) is 0 Å². The van der Waals surface area contributed by atoms with Gasteiger partial charge in [-0.1, -0.05) is 12.1 Å². The van der Waals surface area contributed by atoms with E-state index < -0.39 is 0 Å². The Hall–Kier alpha value is -3.19. The highest BCUT2D eigenvalue weighted by Gasteiger charge is 2.20. The molecule has 0 radical (unpaired) electrons. The number of nitrogens with one attached hydrogen (secondary N) is 1. The summed E-state index contributed by atoms with van der Waals surface area (Å²) in [7, 11) is 1.62. The molecule has 7 heteroatoms. The second kappa shape index (κ2) is 7.82. The Morgan fingerprint density at radius 2 is 2.04 bits per heavy atom. The Balaban J connectivity index is 1.71. The first-order valence-corrected chi connectivity index (χ1v) is 9.10. The highest BCUT2D eigenvalue weighted by atomic mass is 19.1. The molecule has 1 saturated heterocycles. The van der Waals surface area contributed by atoms with Crippen molar-refractivity contribution in [2.45, 2.75) is 6.54 Å². The molecule has 0 aliphatic carbocycles. The molecule has 144 valence electrons. The molecule has 2 aromatic carbocycles. The molecule has 2 heterocycles. The summed E-state index contributed by atoms with van der Waals surface area (Å²) < 4.78 is 20.8. The van der Waals surface area contributed by atoms with E-state index >= 15 is 0 Å². The third-order valence-corrected chi connectivity index (χ3v) is 4.74. The van der Waals surface area contributed by atoms with Gasteiger partial charge in [0.1, 0.15) is 11.6 Å². The number of hydrogen-bond donors (Lipinski definition) is 1. The molecule has 0 bridgehead atoms. The molecule has 28 heavy (non-hydrogen) atoms. The number of halogens is 1. The van der Waals surface area contributed by atoms with E-state index in [2.05, 4.69) is 10.2 Å². The van der Waals surface area contributed by atoms with E-state index in [9.17, 15) is 9.18 Å². The fraction of sp³-hybridized carbons (Fsp3) is 0.238. The molecule has 1 aromatic heterocycles. The van der Waals surface area contributed by atoms with Crippen molar-refractivity contribution in [1.29, 1.82) is 0 Å². The molecule has 1 N–H and O–H groups in total. The first kappa shape index (κ1) is 18.2. The number of ether oxygens (including phenoxy) is 1. The highest BCUT2D eigenvalue weighted by molar-refractivity contribution is 5.78. The second-order valence-electron chi connectivity index (χ2n) is 6.72. The van der Waals surface area contributed by atoms with Gasteiger partial charge in [0, 0.05) is 37.0 Å². The molecule has 0 atom stereocenters. The maximum atomic E-state index is 13.8. The monoisotopic (exact) mass is 380 g/mol. The molecule has 3 aromatic rings. The lowest BCUT2D eigenvalue weighted by atomic mass is 10.1. The van der Waals surface area contributed by atoms with E-state index in [1.165, 1.54) is 12.1 Å². The summed E-state index contributed by atoms with van der Waals surface area (Å²) in [6, 6.07) is 14.0. The van der Waals surface area contributed by atoms with Gasteiger partial charge in [-0.3, -0.25) is 9.69 Å². The van der Waals surface area contributed by atoms with E-state index in [1.807, 2.05) is 36.5 Å². The minimum absolute atomic E-state index is 0.0149. The van der Waals surface area contributed by atoms with Crippen LogP contribution in [0.5, 0.6) is 5.75 Å². The predicted molar refractivity (Wildman–Crippen MR) is 104 cm³/mol. The van der Waals surface area contributed by atoms with Crippen molar-refractivity contribution < 1.29 is 13.9 Å². The van der Waals surface area contributed by atoms with Gasteiger partial charge >= 0.3 is 0 Å². The molecule has 0 saturated carbocycles. The first-order chi connectivity index (χ1) is 13.6. The molecule has 0 unspecified atom stereocenters. The van der Waals surface area contributed by atoms with Gasteiger partial charge in [-0.25, -0.2) is 9.07 Å². The number of carbonyl (C=O) groups excluding carboxylic acids is 1. The summed E-state index contributed by atoms with van der Waals surface area (Å²) >= 11 is 0. The number of piperazine rings is 1. The minimum Gasteiger partial charge on any atom is -0.497 e. The molecule has 0 spiro atoms. The predicted octanol–water partition coefficient (Wildman–Crippen LogP) is 2.62. The Morgan fingerprint density at radius 1 is 1.21 bits per heavy atom. The van der Waals surface area contributed by atoms with Gasteiger partial charge in [-0.2, -0.15) is 5.10 Å². The summed E-state index contributed by atoms with van der Waals surface area (Å²) in [6.07, 6.45) is 1.94. The maximum absolute atomic E-state index is 13.8. The lowest BCUT2D eigenvalue weighted by Gasteiger charge is -2.26. The second-order valence-corrected chi connectivity index (χ2v) is 6.72. The van der Waals surface area contributed by atoms with Crippen molar-refractivity contribution in [2.75, 3.05) is 26.7 Å². The minimum atomic E-state index is -0.306. The fourth-order valence-electron chi connectivity index (χ4n) is 3.34. The highest BCUT2D eigenvalue weighted by Crippen LogP contribution is 2.26. The number of nitrogens with zero attached hydrogens (tertiary/aromatic N) is 3. The zero-order valence-corrected chi connectivity index (χ0v) is 15.6. The molecule has 4 rings (SSSR count).